The summed E-state index contributed by atoms with van der Waals surface area (Å²) < 4.78 is 14.8. The SMILES string of the molecule is N#Cc1cc(Cn2cnc3c(c2=O)CCNC3)ccc1F. The third kappa shape index (κ3) is 2.56. The molecule has 6 heteroatoms. The summed E-state index contributed by atoms with van der Waals surface area (Å²) in [5, 5.41) is 12.0. The summed E-state index contributed by atoms with van der Waals surface area (Å²) in [4.78, 5) is 16.7. The zero-order valence-electron chi connectivity index (χ0n) is 11.3. The van der Waals surface area contributed by atoms with Gasteiger partial charge >= 0.3 is 0 Å². The minimum atomic E-state index is -0.553. The standard InChI is InChI=1S/C15H13FN4O/c16-13-2-1-10(5-11(13)6-17)8-20-9-19-14-7-18-4-3-12(14)15(20)21/h1-2,5,9,18H,3-4,7-8H2. The zero-order valence-corrected chi connectivity index (χ0v) is 11.3. The number of rotatable bonds is 2. The molecule has 2 aromatic rings. The van der Waals surface area contributed by atoms with Crippen LogP contribution in [-0.4, -0.2) is 16.1 Å². The number of fused-ring (bicyclic) bond motifs is 1. The highest BCUT2D eigenvalue weighted by atomic mass is 19.1. The molecule has 1 aliphatic heterocycles. The molecule has 0 saturated heterocycles. The van der Waals surface area contributed by atoms with Crippen molar-refractivity contribution in [3.05, 3.63) is 63.1 Å². The Bertz CT molecular complexity index is 791. The van der Waals surface area contributed by atoms with Crippen LogP contribution in [-0.2, 0) is 19.5 Å². The molecule has 0 atom stereocenters. The molecule has 2 heterocycles. The Balaban J connectivity index is 1.96. The minimum Gasteiger partial charge on any atom is -0.311 e. The van der Waals surface area contributed by atoms with Crippen molar-refractivity contribution in [1.82, 2.24) is 14.9 Å². The lowest BCUT2D eigenvalue weighted by atomic mass is 10.1. The van der Waals surface area contributed by atoms with Crippen molar-refractivity contribution in [3.8, 4) is 6.07 Å². The van der Waals surface area contributed by atoms with E-state index in [1.54, 1.807) is 12.1 Å². The molecule has 1 N–H and O–H groups in total. The molecule has 1 aromatic carbocycles. The maximum absolute atomic E-state index is 13.3. The molecule has 21 heavy (non-hydrogen) atoms. The van der Waals surface area contributed by atoms with E-state index in [1.807, 2.05) is 0 Å². The predicted octanol–water partition coefficient (Wildman–Crippen LogP) is 0.948. The third-order valence-corrected chi connectivity index (χ3v) is 3.57. The first-order chi connectivity index (χ1) is 10.2. The molecule has 1 aromatic heterocycles. The van der Waals surface area contributed by atoms with Gasteiger partial charge in [0.15, 0.2) is 0 Å². The van der Waals surface area contributed by atoms with E-state index < -0.39 is 5.82 Å². The molecule has 1 aliphatic rings. The molecule has 0 unspecified atom stereocenters. The van der Waals surface area contributed by atoms with Crippen LogP contribution in [0.25, 0.3) is 0 Å². The molecule has 3 rings (SSSR count). The van der Waals surface area contributed by atoms with Crippen molar-refractivity contribution < 1.29 is 4.39 Å². The van der Waals surface area contributed by atoms with E-state index in [2.05, 4.69) is 10.3 Å². The second-order valence-corrected chi connectivity index (χ2v) is 4.96. The number of hydrogen-bond acceptors (Lipinski definition) is 4. The van der Waals surface area contributed by atoms with Crippen LogP contribution >= 0.6 is 0 Å². The number of nitriles is 1. The molecular formula is C15H13FN4O. The van der Waals surface area contributed by atoms with Crippen LogP contribution < -0.4 is 10.9 Å². The predicted molar refractivity (Wildman–Crippen MR) is 74.1 cm³/mol. The maximum atomic E-state index is 13.3. The monoisotopic (exact) mass is 284 g/mol. The first-order valence-corrected chi connectivity index (χ1v) is 6.65. The smallest absolute Gasteiger partial charge is 0.257 e. The van der Waals surface area contributed by atoms with Gasteiger partial charge in [0, 0.05) is 12.1 Å². The lowest BCUT2D eigenvalue weighted by Crippen LogP contribution is -2.34. The highest BCUT2D eigenvalue weighted by Gasteiger charge is 2.15. The largest absolute Gasteiger partial charge is 0.311 e. The minimum absolute atomic E-state index is 0.0179. The number of hydrogen-bond donors (Lipinski definition) is 1. The normalized spacial score (nSPS) is 13.5. The van der Waals surface area contributed by atoms with Gasteiger partial charge in [0.25, 0.3) is 5.56 Å². The van der Waals surface area contributed by atoms with E-state index in [1.165, 1.54) is 23.0 Å². The van der Waals surface area contributed by atoms with Crippen molar-refractivity contribution in [3.63, 3.8) is 0 Å². The van der Waals surface area contributed by atoms with Gasteiger partial charge in [0.2, 0.25) is 0 Å². The molecule has 106 valence electrons. The summed E-state index contributed by atoms with van der Waals surface area (Å²) in [7, 11) is 0. The van der Waals surface area contributed by atoms with E-state index in [0.717, 1.165) is 17.8 Å². The van der Waals surface area contributed by atoms with Crippen LogP contribution in [0.5, 0.6) is 0 Å². The number of aromatic nitrogens is 2. The topological polar surface area (TPSA) is 70.7 Å². The van der Waals surface area contributed by atoms with Crippen molar-refractivity contribution in [2.75, 3.05) is 6.54 Å². The van der Waals surface area contributed by atoms with Gasteiger partial charge in [-0.15, -0.1) is 0 Å². The van der Waals surface area contributed by atoms with Crippen molar-refractivity contribution >= 4 is 0 Å². The van der Waals surface area contributed by atoms with Crippen molar-refractivity contribution in [2.24, 2.45) is 0 Å². The Kier molecular flexibility index (Phi) is 3.50. The van der Waals surface area contributed by atoms with Crippen molar-refractivity contribution in [1.29, 1.82) is 5.26 Å². The first-order valence-electron chi connectivity index (χ1n) is 6.65. The Morgan fingerprint density at radius 1 is 1.48 bits per heavy atom. The fourth-order valence-corrected chi connectivity index (χ4v) is 2.46. The maximum Gasteiger partial charge on any atom is 0.257 e. The number of halogens is 1. The summed E-state index contributed by atoms with van der Waals surface area (Å²) in [5.41, 5.74) is 2.14. The van der Waals surface area contributed by atoms with E-state index in [4.69, 9.17) is 5.26 Å². The van der Waals surface area contributed by atoms with Gasteiger partial charge in [-0.2, -0.15) is 5.26 Å². The lowest BCUT2D eigenvalue weighted by molar-refractivity contribution is 0.595. The molecule has 0 fully saturated rings. The molecular weight excluding hydrogens is 271 g/mol. The van der Waals surface area contributed by atoms with Crippen LogP contribution in [0.1, 0.15) is 22.4 Å². The summed E-state index contributed by atoms with van der Waals surface area (Å²) in [6.07, 6.45) is 2.17. The van der Waals surface area contributed by atoms with Crippen LogP contribution in [0, 0.1) is 17.1 Å². The average molecular weight is 284 g/mol. The molecule has 0 saturated carbocycles. The molecule has 0 radical (unpaired) electrons. The third-order valence-electron chi connectivity index (χ3n) is 3.57. The second-order valence-electron chi connectivity index (χ2n) is 4.96. The van der Waals surface area contributed by atoms with Crippen LogP contribution in [0.15, 0.2) is 29.3 Å². The van der Waals surface area contributed by atoms with Crippen LogP contribution in [0.2, 0.25) is 0 Å². The molecule has 0 spiro atoms. The van der Waals surface area contributed by atoms with Crippen LogP contribution in [0.3, 0.4) is 0 Å². The fourth-order valence-electron chi connectivity index (χ4n) is 2.46. The first kappa shape index (κ1) is 13.5. The average Bonchev–Trinajstić information content (AvgIpc) is 2.52. The van der Waals surface area contributed by atoms with Gasteiger partial charge in [0.05, 0.1) is 24.1 Å². The second kappa shape index (κ2) is 5.46. The van der Waals surface area contributed by atoms with Crippen molar-refractivity contribution in [2.45, 2.75) is 19.5 Å². The van der Waals surface area contributed by atoms with E-state index in [-0.39, 0.29) is 17.7 Å². The van der Waals surface area contributed by atoms with Gasteiger partial charge in [-0.25, -0.2) is 9.37 Å². The zero-order chi connectivity index (χ0) is 14.8. The number of nitrogens with zero attached hydrogens (tertiary/aromatic N) is 3. The number of benzene rings is 1. The fraction of sp³-hybridized carbons (Fsp3) is 0.267. The Hall–Kier alpha value is -2.52. The highest BCUT2D eigenvalue weighted by molar-refractivity contribution is 5.34. The molecule has 5 nitrogen and oxygen atoms in total. The van der Waals surface area contributed by atoms with Gasteiger partial charge in [0.1, 0.15) is 11.9 Å². The van der Waals surface area contributed by atoms with Gasteiger partial charge in [-0.3, -0.25) is 9.36 Å². The van der Waals surface area contributed by atoms with Crippen LogP contribution in [0.4, 0.5) is 4.39 Å². The van der Waals surface area contributed by atoms with Gasteiger partial charge < -0.3 is 5.32 Å². The summed E-state index contributed by atoms with van der Waals surface area (Å²) in [6.45, 7) is 1.66. The highest BCUT2D eigenvalue weighted by Crippen LogP contribution is 2.11. The molecule has 0 amide bonds. The molecule has 0 aliphatic carbocycles. The summed E-state index contributed by atoms with van der Waals surface area (Å²) in [6, 6.07) is 6.08. The summed E-state index contributed by atoms with van der Waals surface area (Å²) in [5.74, 6) is -0.553. The Morgan fingerprint density at radius 3 is 3.14 bits per heavy atom. The van der Waals surface area contributed by atoms with E-state index in [9.17, 15) is 9.18 Å². The Morgan fingerprint density at radius 2 is 2.33 bits per heavy atom. The quantitative estimate of drug-likeness (QED) is 0.891. The Labute approximate surface area is 120 Å². The summed E-state index contributed by atoms with van der Waals surface area (Å²) >= 11 is 0. The van der Waals surface area contributed by atoms with Gasteiger partial charge in [-0.1, -0.05) is 6.07 Å². The number of nitrogens with one attached hydrogen (secondary N) is 1. The molecule has 0 bridgehead atoms. The van der Waals surface area contributed by atoms with E-state index >= 15 is 0 Å². The van der Waals surface area contributed by atoms with E-state index in [0.29, 0.717) is 18.5 Å². The lowest BCUT2D eigenvalue weighted by Gasteiger charge is -2.16. The van der Waals surface area contributed by atoms with Gasteiger partial charge in [-0.05, 0) is 30.7 Å².